The van der Waals surface area contributed by atoms with Gasteiger partial charge in [0.25, 0.3) is 5.91 Å². The van der Waals surface area contributed by atoms with Crippen LogP contribution in [0.4, 0.5) is 8.78 Å². The van der Waals surface area contributed by atoms with E-state index in [1.54, 1.807) is 4.68 Å². The molecule has 0 saturated heterocycles. The first-order chi connectivity index (χ1) is 12.9. The molecule has 1 heterocycles. The Bertz CT molecular complexity index is 847. The van der Waals surface area contributed by atoms with E-state index in [-0.39, 0.29) is 5.69 Å². The zero-order valence-electron chi connectivity index (χ0n) is 14.9. The van der Waals surface area contributed by atoms with Gasteiger partial charge in [-0.15, -0.1) is 0 Å². The number of nitrogens with zero attached hydrogens (tertiary/aromatic N) is 2. The molecule has 1 unspecified atom stereocenters. The molecule has 1 aromatic heterocycles. The number of carboxylic acid groups (broad SMARTS) is 1. The second-order valence-corrected chi connectivity index (χ2v) is 6.72. The fraction of sp³-hybridized carbons (Fsp3) is 0.421. The van der Waals surface area contributed by atoms with Crippen molar-refractivity contribution < 1.29 is 23.5 Å². The third-order valence-corrected chi connectivity index (χ3v) is 4.69. The Labute approximate surface area is 155 Å². The van der Waals surface area contributed by atoms with E-state index in [0.29, 0.717) is 6.42 Å². The van der Waals surface area contributed by atoms with E-state index < -0.39 is 30.8 Å². The fourth-order valence-electron chi connectivity index (χ4n) is 3.31. The predicted molar refractivity (Wildman–Crippen MR) is 94.5 cm³/mol. The van der Waals surface area contributed by atoms with Gasteiger partial charge in [-0.05, 0) is 44.7 Å². The Hall–Kier alpha value is -2.77. The highest BCUT2D eigenvalue weighted by atomic mass is 19.3. The van der Waals surface area contributed by atoms with E-state index in [1.807, 2.05) is 31.2 Å². The monoisotopic (exact) mass is 377 g/mol. The normalized spacial score (nSPS) is 14.7. The Balaban J connectivity index is 1.94. The zero-order valence-corrected chi connectivity index (χ0v) is 14.9. The van der Waals surface area contributed by atoms with Crippen molar-refractivity contribution in [1.82, 2.24) is 15.1 Å². The van der Waals surface area contributed by atoms with Gasteiger partial charge in [0.2, 0.25) is 6.43 Å². The van der Waals surface area contributed by atoms with Gasteiger partial charge >= 0.3 is 5.97 Å². The van der Waals surface area contributed by atoms with Crippen LogP contribution in [0.1, 0.15) is 46.6 Å². The zero-order chi connectivity index (χ0) is 19.6. The number of rotatable bonds is 6. The summed E-state index contributed by atoms with van der Waals surface area (Å²) in [7, 11) is 0. The van der Waals surface area contributed by atoms with E-state index in [2.05, 4.69) is 10.4 Å². The number of benzene rings is 1. The molecule has 1 aromatic carbocycles. The van der Waals surface area contributed by atoms with Crippen LogP contribution in [0.2, 0.25) is 0 Å². The number of alkyl halides is 2. The topological polar surface area (TPSA) is 84.2 Å². The van der Waals surface area contributed by atoms with Gasteiger partial charge in [-0.3, -0.25) is 4.79 Å². The molecule has 0 spiro atoms. The third kappa shape index (κ3) is 4.15. The van der Waals surface area contributed by atoms with Crippen molar-refractivity contribution in [3.8, 4) is 5.69 Å². The minimum atomic E-state index is -2.83. The number of aliphatic carboxylic acids is 1. The molecule has 2 aromatic rings. The van der Waals surface area contributed by atoms with Gasteiger partial charge in [0, 0.05) is 17.7 Å². The molecule has 2 N–H and O–H groups in total. The standard InChI is InChI=1S/C19H21F2N3O3/c1-11-6-8-12(9-7-11)24-15-5-3-2-4-13(15)17(23-24)18(25)22-14(19(26)27)10-16(20)21/h6-9,14,16H,2-5,10H2,1H3,(H,22,25)(H,26,27). The van der Waals surface area contributed by atoms with Crippen molar-refractivity contribution in [2.24, 2.45) is 0 Å². The van der Waals surface area contributed by atoms with Crippen molar-refractivity contribution in [3.63, 3.8) is 0 Å². The van der Waals surface area contributed by atoms with E-state index in [4.69, 9.17) is 5.11 Å². The molecular weight excluding hydrogens is 356 g/mol. The highest BCUT2D eigenvalue weighted by molar-refractivity contribution is 5.96. The molecule has 1 atom stereocenters. The first-order valence-electron chi connectivity index (χ1n) is 8.86. The number of aryl methyl sites for hydroxylation is 1. The quantitative estimate of drug-likeness (QED) is 0.811. The maximum atomic E-state index is 12.6. The van der Waals surface area contributed by atoms with E-state index in [9.17, 15) is 18.4 Å². The average Bonchev–Trinajstić information content (AvgIpc) is 3.01. The predicted octanol–water partition coefficient (Wildman–Crippen LogP) is 2.90. The van der Waals surface area contributed by atoms with Crippen molar-refractivity contribution in [2.75, 3.05) is 0 Å². The minimum absolute atomic E-state index is 0.116. The van der Waals surface area contributed by atoms with Gasteiger partial charge in [-0.25, -0.2) is 18.3 Å². The molecular formula is C19H21F2N3O3. The van der Waals surface area contributed by atoms with Crippen molar-refractivity contribution >= 4 is 11.9 Å². The Morgan fingerprint density at radius 3 is 2.52 bits per heavy atom. The number of hydrogen-bond donors (Lipinski definition) is 2. The summed E-state index contributed by atoms with van der Waals surface area (Å²) in [5, 5.41) is 15.7. The van der Waals surface area contributed by atoms with Crippen LogP contribution in [0.5, 0.6) is 0 Å². The molecule has 0 fully saturated rings. The largest absolute Gasteiger partial charge is 0.480 e. The molecule has 0 aliphatic heterocycles. The highest BCUT2D eigenvalue weighted by Crippen LogP contribution is 2.27. The highest BCUT2D eigenvalue weighted by Gasteiger charge is 2.29. The first-order valence-corrected chi connectivity index (χ1v) is 8.86. The van der Waals surface area contributed by atoms with Crippen molar-refractivity contribution in [2.45, 2.75) is 51.5 Å². The molecule has 27 heavy (non-hydrogen) atoms. The Morgan fingerprint density at radius 1 is 1.22 bits per heavy atom. The van der Waals surface area contributed by atoms with Gasteiger partial charge in [0.15, 0.2) is 5.69 Å². The number of nitrogens with one attached hydrogen (secondary N) is 1. The molecule has 1 amide bonds. The van der Waals surface area contributed by atoms with E-state index in [0.717, 1.165) is 41.8 Å². The van der Waals surface area contributed by atoms with Crippen molar-refractivity contribution in [3.05, 3.63) is 46.8 Å². The number of aromatic nitrogens is 2. The van der Waals surface area contributed by atoms with E-state index in [1.165, 1.54) is 0 Å². The molecule has 0 radical (unpaired) electrons. The molecule has 1 aliphatic carbocycles. The summed E-state index contributed by atoms with van der Waals surface area (Å²) < 4.78 is 26.9. The molecule has 8 heteroatoms. The molecule has 0 bridgehead atoms. The van der Waals surface area contributed by atoms with Crippen LogP contribution in [0.25, 0.3) is 5.69 Å². The number of fused-ring (bicyclic) bond motifs is 1. The van der Waals surface area contributed by atoms with Crippen LogP contribution in [-0.2, 0) is 17.6 Å². The summed E-state index contributed by atoms with van der Waals surface area (Å²) in [5.41, 5.74) is 3.69. The summed E-state index contributed by atoms with van der Waals surface area (Å²) >= 11 is 0. The molecule has 0 saturated carbocycles. The van der Waals surface area contributed by atoms with Crippen LogP contribution >= 0.6 is 0 Å². The molecule has 3 rings (SSSR count). The average molecular weight is 377 g/mol. The SMILES string of the molecule is Cc1ccc(-n2nc(C(=O)NC(CC(F)F)C(=O)O)c3c2CCCC3)cc1. The van der Waals surface area contributed by atoms with Crippen LogP contribution < -0.4 is 5.32 Å². The lowest BCUT2D eigenvalue weighted by molar-refractivity contribution is -0.140. The number of carboxylic acids is 1. The molecule has 6 nitrogen and oxygen atoms in total. The van der Waals surface area contributed by atoms with Gasteiger partial charge in [0.1, 0.15) is 6.04 Å². The molecule has 144 valence electrons. The van der Waals surface area contributed by atoms with E-state index >= 15 is 0 Å². The van der Waals surface area contributed by atoms with Gasteiger partial charge in [-0.2, -0.15) is 5.10 Å². The smallest absolute Gasteiger partial charge is 0.326 e. The van der Waals surface area contributed by atoms with Gasteiger partial charge in [-0.1, -0.05) is 17.7 Å². The number of amides is 1. The second kappa shape index (κ2) is 7.85. The maximum absolute atomic E-state index is 12.6. The number of carbonyl (C=O) groups excluding carboxylic acids is 1. The minimum Gasteiger partial charge on any atom is -0.480 e. The lowest BCUT2D eigenvalue weighted by atomic mass is 9.95. The summed E-state index contributed by atoms with van der Waals surface area (Å²) in [5.74, 6) is -2.22. The summed E-state index contributed by atoms with van der Waals surface area (Å²) in [6, 6.07) is 6.02. The first kappa shape index (κ1) is 19.0. The summed E-state index contributed by atoms with van der Waals surface area (Å²) in [6.45, 7) is 1.97. The third-order valence-electron chi connectivity index (χ3n) is 4.69. The summed E-state index contributed by atoms with van der Waals surface area (Å²) in [4.78, 5) is 23.8. The molecule has 1 aliphatic rings. The van der Waals surface area contributed by atoms with Crippen LogP contribution in [0.15, 0.2) is 24.3 Å². The second-order valence-electron chi connectivity index (χ2n) is 6.72. The van der Waals surface area contributed by atoms with Crippen molar-refractivity contribution in [1.29, 1.82) is 0 Å². The number of carbonyl (C=O) groups is 2. The lowest BCUT2D eigenvalue weighted by Crippen LogP contribution is -2.42. The van der Waals surface area contributed by atoms with Gasteiger partial charge in [0.05, 0.1) is 5.69 Å². The number of halogens is 2. The van der Waals surface area contributed by atoms with Crippen LogP contribution in [0, 0.1) is 6.92 Å². The fourth-order valence-corrected chi connectivity index (χ4v) is 3.31. The maximum Gasteiger partial charge on any atom is 0.326 e. The van der Waals surface area contributed by atoms with Gasteiger partial charge < -0.3 is 10.4 Å². The number of hydrogen-bond acceptors (Lipinski definition) is 3. The van der Waals surface area contributed by atoms with Crippen LogP contribution in [-0.4, -0.2) is 39.2 Å². The van der Waals surface area contributed by atoms with Crippen LogP contribution in [0.3, 0.4) is 0 Å². The summed E-state index contributed by atoms with van der Waals surface area (Å²) in [6.07, 6.45) is -0.507. The Morgan fingerprint density at radius 2 is 1.89 bits per heavy atom. The Kier molecular flexibility index (Phi) is 5.53. The lowest BCUT2D eigenvalue weighted by Gasteiger charge is -2.15.